The lowest BCUT2D eigenvalue weighted by Gasteiger charge is -2.27. The Labute approximate surface area is 214 Å². The maximum absolute atomic E-state index is 13.3. The Balaban J connectivity index is 1.55. The number of fused-ring (bicyclic) bond motifs is 2. The van der Waals surface area contributed by atoms with Crippen molar-refractivity contribution in [1.82, 2.24) is 9.97 Å². The van der Waals surface area contributed by atoms with Gasteiger partial charge in [0, 0.05) is 17.3 Å². The van der Waals surface area contributed by atoms with Gasteiger partial charge in [0.25, 0.3) is 0 Å². The van der Waals surface area contributed by atoms with E-state index in [0.29, 0.717) is 33.8 Å². The highest BCUT2D eigenvalue weighted by Gasteiger charge is 2.46. The molecule has 0 saturated heterocycles. The van der Waals surface area contributed by atoms with Gasteiger partial charge in [-0.25, -0.2) is 4.98 Å². The fourth-order valence-electron chi connectivity index (χ4n) is 4.63. The number of halogens is 3. The number of pyridine rings is 1. The van der Waals surface area contributed by atoms with E-state index in [2.05, 4.69) is 55.0 Å². The molecular weight excluding hydrogens is 473 g/mol. The summed E-state index contributed by atoms with van der Waals surface area (Å²) >= 11 is 0. The second kappa shape index (κ2) is 8.72. The Morgan fingerprint density at radius 1 is 0.811 bits per heavy atom. The first-order valence-corrected chi connectivity index (χ1v) is 12.3. The summed E-state index contributed by atoms with van der Waals surface area (Å²) < 4.78 is 46.1. The molecule has 3 aromatic carbocycles. The lowest BCUT2D eigenvalue weighted by atomic mass is 9.82. The van der Waals surface area contributed by atoms with E-state index >= 15 is 0 Å². The van der Waals surface area contributed by atoms with Gasteiger partial charge in [0.05, 0.1) is 5.41 Å². The molecule has 0 N–H and O–H groups in total. The van der Waals surface area contributed by atoms with Gasteiger partial charge in [-0.3, -0.25) is 4.98 Å². The highest BCUT2D eigenvalue weighted by atomic mass is 19.4. The number of alkyl halides is 3. The molecule has 0 radical (unpaired) electrons. The zero-order valence-electron chi connectivity index (χ0n) is 21.6. The molecule has 5 aromatic rings. The molecule has 0 fully saturated rings. The van der Waals surface area contributed by atoms with Crippen LogP contribution in [-0.4, -0.2) is 16.1 Å². The van der Waals surface area contributed by atoms with Crippen molar-refractivity contribution < 1.29 is 17.6 Å². The quantitative estimate of drug-likeness (QED) is 0.246. The minimum absolute atomic E-state index is 0.0709. The molecule has 2 aromatic heterocycles. The molecule has 190 valence electrons. The summed E-state index contributed by atoms with van der Waals surface area (Å²) in [5, 5.41) is 2.33. The summed E-state index contributed by atoms with van der Waals surface area (Å²) in [6, 6.07) is 21.3. The lowest BCUT2D eigenvalue weighted by molar-refractivity contribution is -0.211. The van der Waals surface area contributed by atoms with Crippen molar-refractivity contribution in [2.75, 3.05) is 0 Å². The highest BCUT2D eigenvalue weighted by Crippen LogP contribution is 2.41. The Kier molecular flexibility index (Phi) is 5.89. The van der Waals surface area contributed by atoms with Crippen LogP contribution in [0.5, 0.6) is 0 Å². The summed E-state index contributed by atoms with van der Waals surface area (Å²) in [7, 11) is 0. The van der Waals surface area contributed by atoms with Gasteiger partial charge in [0.2, 0.25) is 5.89 Å². The predicted octanol–water partition coefficient (Wildman–Crippen LogP) is 9.14. The van der Waals surface area contributed by atoms with Gasteiger partial charge in [-0.2, -0.15) is 13.2 Å². The van der Waals surface area contributed by atoms with E-state index in [-0.39, 0.29) is 11.8 Å². The SMILES string of the molecule is CC(C)(C)c1cc(-c2nccc3nc(-c4ccc(CC(C)(C)C(F)(F)F)cc4)oc23)cc2ccccc12. The van der Waals surface area contributed by atoms with Crippen LogP contribution in [0.3, 0.4) is 0 Å². The topological polar surface area (TPSA) is 38.9 Å². The third-order valence-corrected chi connectivity index (χ3v) is 6.86. The van der Waals surface area contributed by atoms with Crippen LogP contribution in [0.15, 0.2) is 77.3 Å². The second-order valence-corrected chi connectivity index (χ2v) is 11.3. The molecule has 0 unspecified atom stereocenters. The van der Waals surface area contributed by atoms with Crippen LogP contribution in [0.4, 0.5) is 13.2 Å². The minimum atomic E-state index is -4.27. The van der Waals surface area contributed by atoms with Gasteiger partial charge in [0.1, 0.15) is 11.2 Å². The first-order chi connectivity index (χ1) is 17.3. The van der Waals surface area contributed by atoms with Crippen LogP contribution < -0.4 is 0 Å². The molecule has 0 bridgehead atoms. The summed E-state index contributed by atoms with van der Waals surface area (Å²) in [5.41, 5.74) is 3.55. The fourth-order valence-corrected chi connectivity index (χ4v) is 4.63. The molecule has 6 heteroatoms. The van der Waals surface area contributed by atoms with Crippen LogP contribution in [0, 0.1) is 5.41 Å². The number of benzene rings is 3. The number of oxazole rings is 1. The third kappa shape index (κ3) is 4.73. The van der Waals surface area contributed by atoms with Crippen molar-refractivity contribution in [2.24, 2.45) is 5.41 Å². The highest BCUT2D eigenvalue weighted by molar-refractivity contribution is 5.95. The molecule has 0 amide bonds. The van der Waals surface area contributed by atoms with Gasteiger partial charge < -0.3 is 4.42 Å². The molecule has 0 saturated carbocycles. The number of hydrogen-bond acceptors (Lipinski definition) is 3. The van der Waals surface area contributed by atoms with E-state index in [0.717, 1.165) is 10.9 Å². The molecule has 0 aliphatic carbocycles. The van der Waals surface area contributed by atoms with E-state index in [4.69, 9.17) is 4.42 Å². The van der Waals surface area contributed by atoms with Crippen LogP contribution in [0.25, 0.3) is 44.6 Å². The molecule has 2 heterocycles. The van der Waals surface area contributed by atoms with Crippen molar-refractivity contribution in [3.63, 3.8) is 0 Å². The average molecular weight is 503 g/mol. The third-order valence-electron chi connectivity index (χ3n) is 6.86. The van der Waals surface area contributed by atoms with Crippen molar-refractivity contribution in [2.45, 2.75) is 52.6 Å². The zero-order valence-corrected chi connectivity index (χ0v) is 21.6. The molecule has 0 aliphatic heterocycles. The molecule has 5 rings (SSSR count). The molecule has 0 spiro atoms. The molecule has 0 aliphatic rings. The predicted molar refractivity (Wildman–Crippen MR) is 142 cm³/mol. The molecular formula is C31H29F3N2O. The van der Waals surface area contributed by atoms with Crippen molar-refractivity contribution in [3.05, 3.63) is 84.1 Å². The van der Waals surface area contributed by atoms with E-state index in [1.54, 1.807) is 36.5 Å². The molecule has 37 heavy (non-hydrogen) atoms. The van der Waals surface area contributed by atoms with Gasteiger partial charge >= 0.3 is 6.18 Å². The summed E-state index contributed by atoms with van der Waals surface area (Å²) in [6.07, 6.45) is -2.65. The maximum Gasteiger partial charge on any atom is 0.394 e. The number of aromatic nitrogens is 2. The first-order valence-electron chi connectivity index (χ1n) is 12.3. The normalized spacial score (nSPS) is 13.0. The monoisotopic (exact) mass is 502 g/mol. The molecule has 3 nitrogen and oxygen atoms in total. The fraction of sp³-hybridized carbons (Fsp3) is 0.290. The molecule has 0 atom stereocenters. The zero-order chi connectivity index (χ0) is 26.6. The Hall–Kier alpha value is -3.67. The lowest BCUT2D eigenvalue weighted by Crippen LogP contribution is -2.34. The van der Waals surface area contributed by atoms with Crippen molar-refractivity contribution in [1.29, 1.82) is 0 Å². The minimum Gasteiger partial charge on any atom is -0.434 e. The van der Waals surface area contributed by atoms with E-state index in [9.17, 15) is 13.2 Å². The Morgan fingerprint density at radius 3 is 2.19 bits per heavy atom. The summed E-state index contributed by atoms with van der Waals surface area (Å²) in [6.45, 7) is 9.01. The van der Waals surface area contributed by atoms with Crippen molar-refractivity contribution >= 4 is 21.9 Å². The van der Waals surface area contributed by atoms with Gasteiger partial charge in [0.15, 0.2) is 5.58 Å². The van der Waals surface area contributed by atoms with Gasteiger partial charge in [-0.05, 0) is 64.1 Å². The summed E-state index contributed by atoms with van der Waals surface area (Å²) in [4.78, 5) is 9.31. The standard InChI is InChI=1S/C31H29F3N2O/c1-29(2,3)24-17-22(16-21-8-6-7-9-23(21)24)26-27-25(14-15-35-26)36-28(37-27)20-12-10-19(11-13-20)18-30(4,5)31(32,33)34/h6-17H,18H2,1-5H3. The van der Waals surface area contributed by atoms with Gasteiger partial charge in [-0.1, -0.05) is 71.0 Å². The van der Waals surface area contributed by atoms with Crippen LogP contribution in [0.2, 0.25) is 0 Å². The van der Waals surface area contributed by atoms with E-state index in [1.807, 2.05) is 12.1 Å². The van der Waals surface area contributed by atoms with E-state index < -0.39 is 11.6 Å². The average Bonchev–Trinajstić information content (AvgIpc) is 3.27. The first kappa shape index (κ1) is 25.0. The number of hydrogen-bond donors (Lipinski definition) is 0. The largest absolute Gasteiger partial charge is 0.434 e. The van der Waals surface area contributed by atoms with E-state index in [1.165, 1.54) is 24.8 Å². The number of nitrogens with zero attached hydrogens (tertiary/aromatic N) is 2. The Bertz CT molecular complexity index is 1590. The van der Waals surface area contributed by atoms with Crippen LogP contribution in [0.1, 0.15) is 45.7 Å². The second-order valence-electron chi connectivity index (χ2n) is 11.3. The van der Waals surface area contributed by atoms with Crippen LogP contribution in [-0.2, 0) is 11.8 Å². The smallest absolute Gasteiger partial charge is 0.394 e. The van der Waals surface area contributed by atoms with Crippen molar-refractivity contribution in [3.8, 4) is 22.7 Å². The van der Waals surface area contributed by atoms with Gasteiger partial charge in [-0.15, -0.1) is 0 Å². The van der Waals surface area contributed by atoms with Crippen LogP contribution >= 0.6 is 0 Å². The number of rotatable bonds is 4. The summed E-state index contributed by atoms with van der Waals surface area (Å²) in [5.74, 6) is 0.405. The Morgan fingerprint density at radius 2 is 1.51 bits per heavy atom. The maximum atomic E-state index is 13.3.